The van der Waals surface area contributed by atoms with Gasteiger partial charge in [-0.1, -0.05) is 0 Å². The molecule has 0 spiro atoms. The van der Waals surface area contributed by atoms with Crippen molar-refractivity contribution in [1.29, 1.82) is 0 Å². The molecule has 0 radical (unpaired) electrons. The average molecular weight is 405 g/mol. The number of halogens is 1. The van der Waals surface area contributed by atoms with Crippen LogP contribution in [0.5, 0.6) is 11.5 Å². The van der Waals surface area contributed by atoms with E-state index in [0.717, 1.165) is 0 Å². The van der Waals surface area contributed by atoms with Crippen molar-refractivity contribution in [1.82, 2.24) is 0 Å². The van der Waals surface area contributed by atoms with E-state index in [1.54, 1.807) is 42.5 Å². The second-order valence-electron chi connectivity index (χ2n) is 6.62. The van der Waals surface area contributed by atoms with Crippen LogP contribution in [-0.2, 0) is 4.79 Å². The molecule has 0 aromatic heterocycles. The molecule has 0 fully saturated rings. The van der Waals surface area contributed by atoms with Crippen LogP contribution in [0.3, 0.4) is 0 Å². The highest BCUT2D eigenvalue weighted by atomic mass is 19.1. The van der Waals surface area contributed by atoms with Crippen LogP contribution in [0.4, 0.5) is 10.1 Å². The Kier molecular flexibility index (Phi) is 5.26. The van der Waals surface area contributed by atoms with Gasteiger partial charge in [-0.25, -0.2) is 4.39 Å². The number of carbonyl (C=O) groups is 3. The first-order valence-electron chi connectivity index (χ1n) is 9.12. The molecule has 0 atom stereocenters. The van der Waals surface area contributed by atoms with Gasteiger partial charge >= 0.3 is 0 Å². The van der Waals surface area contributed by atoms with Crippen LogP contribution in [0, 0.1) is 5.82 Å². The summed E-state index contributed by atoms with van der Waals surface area (Å²) >= 11 is 0. The number of fused-ring (bicyclic) bond motifs is 1. The number of hydrogen-bond donors (Lipinski definition) is 1. The minimum absolute atomic E-state index is 0.0525. The molecule has 3 aromatic rings. The second kappa shape index (κ2) is 8.16. The third kappa shape index (κ3) is 4.20. The highest BCUT2D eigenvalue weighted by Crippen LogP contribution is 2.28. The Morgan fingerprint density at radius 2 is 1.57 bits per heavy atom. The van der Waals surface area contributed by atoms with Gasteiger partial charge in [0.1, 0.15) is 17.3 Å². The van der Waals surface area contributed by atoms with Crippen LogP contribution in [0.15, 0.2) is 66.7 Å². The van der Waals surface area contributed by atoms with Crippen molar-refractivity contribution in [3.63, 3.8) is 0 Å². The Morgan fingerprint density at radius 3 is 2.27 bits per heavy atom. The summed E-state index contributed by atoms with van der Waals surface area (Å²) < 4.78 is 23.8. The normalized spacial score (nSPS) is 12.4. The van der Waals surface area contributed by atoms with Gasteiger partial charge in [-0.3, -0.25) is 14.4 Å². The number of hydrogen-bond acceptors (Lipinski definition) is 5. The second-order valence-corrected chi connectivity index (χ2v) is 6.62. The quantitative estimate of drug-likeness (QED) is 0.633. The Morgan fingerprint density at radius 1 is 0.933 bits per heavy atom. The van der Waals surface area contributed by atoms with E-state index in [2.05, 4.69) is 5.32 Å². The topological polar surface area (TPSA) is 81.7 Å². The number of Topliss-reactive ketones (excluding diaryl/α,β-unsaturated/α-hetero) is 1. The summed E-state index contributed by atoms with van der Waals surface area (Å²) in [5, 5.41) is 2.65. The maximum atomic E-state index is 13.0. The van der Waals surface area contributed by atoms with Gasteiger partial charge in [0.05, 0.1) is 5.69 Å². The molecule has 1 amide bonds. The molecule has 1 aliphatic heterocycles. The highest BCUT2D eigenvalue weighted by Gasteiger charge is 2.18. The molecule has 1 N–H and O–H groups in total. The number of amides is 1. The number of anilines is 1. The van der Waals surface area contributed by atoms with Crippen molar-refractivity contribution in [3.05, 3.63) is 89.2 Å². The average Bonchev–Trinajstić information content (AvgIpc) is 2.77. The van der Waals surface area contributed by atoms with E-state index < -0.39 is 5.82 Å². The van der Waals surface area contributed by atoms with Gasteiger partial charge in [-0.15, -0.1) is 0 Å². The lowest BCUT2D eigenvalue weighted by Gasteiger charge is -2.18. The third-order valence-electron chi connectivity index (χ3n) is 4.53. The van der Waals surface area contributed by atoms with Crippen LogP contribution in [0.1, 0.15) is 26.3 Å². The lowest BCUT2D eigenvalue weighted by Crippen LogP contribution is -2.25. The molecule has 6 nitrogen and oxygen atoms in total. The Bertz CT molecular complexity index is 1120. The summed E-state index contributed by atoms with van der Waals surface area (Å²) in [5.41, 5.74) is 1.62. The molecule has 3 aromatic carbocycles. The molecular formula is C23H16FNO5. The van der Waals surface area contributed by atoms with Gasteiger partial charge in [0.2, 0.25) is 0 Å². The zero-order valence-corrected chi connectivity index (χ0v) is 15.7. The predicted molar refractivity (Wildman–Crippen MR) is 107 cm³/mol. The smallest absolute Gasteiger partial charge is 0.262 e. The lowest BCUT2D eigenvalue weighted by molar-refractivity contribution is -0.118. The largest absolute Gasteiger partial charge is 0.485 e. The Hall–Kier alpha value is -4.00. The van der Waals surface area contributed by atoms with Gasteiger partial charge in [0.25, 0.3) is 5.91 Å². The molecule has 1 heterocycles. The molecular weight excluding hydrogens is 389 g/mol. The van der Waals surface area contributed by atoms with E-state index in [1.807, 2.05) is 0 Å². The van der Waals surface area contributed by atoms with Crippen LogP contribution in [0.25, 0.3) is 0 Å². The number of ketones is 2. The summed E-state index contributed by atoms with van der Waals surface area (Å²) in [6.07, 6.45) is 0. The molecule has 4 rings (SSSR count). The molecule has 0 saturated carbocycles. The van der Waals surface area contributed by atoms with Gasteiger partial charge in [-0.2, -0.15) is 0 Å². The first-order valence-corrected chi connectivity index (χ1v) is 9.12. The van der Waals surface area contributed by atoms with E-state index >= 15 is 0 Å². The summed E-state index contributed by atoms with van der Waals surface area (Å²) in [4.78, 5) is 36.2. The monoisotopic (exact) mass is 405 g/mol. The number of rotatable bonds is 6. The van der Waals surface area contributed by atoms with Gasteiger partial charge in [-0.05, 0) is 66.7 Å². The van der Waals surface area contributed by atoms with Crippen LogP contribution < -0.4 is 14.8 Å². The van der Waals surface area contributed by atoms with Crippen molar-refractivity contribution in [2.75, 3.05) is 18.5 Å². The standard InChI is InChI=1S/C23H16FNO5/c24-17-6-1-14(2-7-17)23(28)15-3-8-18(9-4-15)29-12-20(26)16-5-10-21-19(11-16)25-22(27)13-30-21/h1-11H,12-13H2,(H,25,27). The van der Waals surface area contributed by atoms with Crippen molar-refractivity contribution in [2.24, 2.45) is 0 Å². The summed E-state index contributed by atoms with van der Waals surface area (Å²) in [7, 11) is 0. The van der Waals surface area contributed by atoms with Gasteiger partial charge < -0.3 is 14.8 Å². The predicted octanol–water partition coefficient (Wildman–Crippen LogP) is 3.65. The molecule has 0 bridgehead atoms. The van der Waals surface area contributed by atoms with Gasteiger partial charge in [0.15, 0.2) is 24.8 Å². The van der Waals surface area contributed by atoms with E-state index in [4.69, 9.17) is 9.47 Å². The summed E-state index contributed by atoms with van der Waals surface area (Å²) in [6.45, 7) is -0.262. The van der Waals surface area contributed by atoms with E-state index in [9.17, 15) is 18.8 Å². The molecule has 30 heavy (non-hydrogen) atoms. The molecule has 0 saturated heterocycles. The first kappa shape index (κ1) is 19.3. The van der Waals surface area contributed by atoms with Gasteiger partial charge in [0, 0.05) is 16.7 Å². The fourth-order valence-corrected chi connectivity index (χ4v) is 2.96. The SMILES string of the molecule is O=C1COc2ccc(C(=O)COc3ccc(C(=O)c4ccc(F)cc4)cc3)cc2N1. The number of benzene rings is 3. The number of ether oxygens (including phenoxy) is 2. The van der Waals surface area contributed by atoms with E-state index in [0.29, 0.717) is 33.9 Å². The van der Waals surface area contributed by atoms with Crippen molar-refractivity contribution >= 4 is 23.2 Å². The maximum Gasteiger partial charge on any atom is 0.262 e. The van der Waals surface area contributed by atoms with Crippen molar-refractivity contribution in [3.8, 4) is 11.5 Å². The zero-order valence-electron chi connectivity index (χ0n) is 15.7. The highest BCUT2D eigenvalue weighted by molar-refractivity contribution is 6.09. The van der Waals surface area contributed by atoms with Crippen molar-refractivity contribution in [2.45, 2.75) is 0 Å². The van der Waals surface area contributed by atoms with Crippen LogP contribution in [-0.4, -0.2) is 30.7 Å². The Balaban J connectivity index is 1.39. The Labute approximate surface area is 171 Å². The molecule has 7 heteroatoms. The minimum atomic E-state index is -0.409. The van der Waals surface area contributed by atoms with Crippen molar-refractivity contribution < 1.29 is 28.2 Å². The van der Waals surface area contributed by atoms with E-state index in [1.165, 1.54) is 24.3 Å². The maximum absolute atomic E-state index is 13.0. The van der Waals surface area contributed by atoms with E-state index in [-0.39, 0.29) is 30.7 Å². The molecule has 1 aliphatic rings. The van der Waals surface area contributed by atoms with Crippen LogP contribution in [0.2, 0.25) is 0 Å². The number of carbonyl (C=O) groups excluding carboxylic acids is 3. The fraction of sp³-hybridized carbons (Fsp3) is 0.0870. The van der Waals surface area contributed by atoms with Crippen LogP contribution >= 0.6 is 0 Å². The zero-order chi connectivity index (χ0) is 21.1. The minimum Gasteiger partial charge on any atom is -0.485 e. The third-order valence-corrected chi connectivity index (χ3v) is 4.53. The first-order chi connectivity index (χ1) is 14.5. The summed E-state index contributed by atoms with van der Waals surface area (Å²) in [6, 6.07) is 16.4. The number of nitrogens with one attached hydrogen (secondary N) is 1. The molecule has 150 valence electrons. The molecule has 0 unspecified atom stereocenters. The lowest BCUT2D eigenvalue weighted by atomic mass is 10.0. The molecule has 0 aliphatic carbocycles. The fourth-order valence-electron chi connectivity index (χ4n) is 2.96. The summed E-state index contributed by atoms with van der Waals surface area (Å²) in [5.74, 6) is -0.269.